The molecule has 1 amide bonds. The molecule has 2 heterocycles. The van der Waals surface area contributed by atoms with E-state index in [4.69, 9.17) is 14.2 Å². The topological polar surface area (TPSA) is 77.4 Å². The first-order chi connectivity index (χ1) is 16.0. The Balaban J connectivity index is 1.61. The molecule has 0 N–H and O–H groups in total. The third-order valence-electron chi connectivity index (χ3n) is 5.38. The SMILES string of the molecule is COc1ccc(C2CC(c3cccs3)=NN2C(=O)COc2ccccc2C(C)=O)cc1OC. The van der Waals surface area contributed by atoms with Crippen molar-refractivity contribution < 1.29 is 23.8 Å². The van der Waals surface area contributed by atoms with Crippen molar-refractivity contribution in [3.05, 3.63) is 76.0 Å². The van der Waals surface area contributed by atoms with E-state index in [9.17, 15) is 9.59 Å². The highest BCUT2D eigenvalue weighted by molar-refractivity contribution is 7.12. The number of carbonyl (C=O) groups excluding carboxylic acids is 2. The van der Waals surface area contributed by atoms with Crippen LogP contribution in [0.1, 0.15) is 40.2 Å². The first-order valence-corrected chi connectivity index (χ1v) is 11.3. The van der Waals surface area contributed by atoms with Gasteiger partial charge in [0.1, 0.15) is 5.75 Å². The van der Waals surface area contributed by atoms with Crippen LogP contribution in [0.4, 0.5) is 0 Å². The Morgan fingerprint density at radius 1 is 1.03 bits per heavy atom. The van der Waals surface area contributed by atoms with Crippen LogP contribution in [-0.2, 0) is 4.79 Å². The van der Waals surface area contributed by atoms with Gasteiger partial charge in [-0.2, -0.15) is 5.10 Å². The van der Waals surface area contributed by atoms with Gasteiger partial charge in [0.2, 0.25) is 0 Å². The van der Waals surface area contributed by atoms with Crippen molar-refractivity contribution in [1.82, 2.24) is 5.01 Å². The van der Waals surface area contributed by atoms with Crippen LogP contribution in [0.2, 0.25) is 0 Å². The molecule has 3 aromatic rings. The van der Waals surface area contributed by atoms with E-state index in [1.165, 1.54) is 11.9 Å². The third kappa shape index (κ3) is 4.75. The van der Waals surface area contributed by atoms with E-state index < -0.39 is 0 Å². The number of hydrazone groups is 1. The lowest BCUT2D eigenvalue weighted by Crippen LogP contribution is -2.31. The summed E-state index contributed by atoms with van der Waals surface area (Å²) in [5.41, 5.74) is 2.15. The highest BCUT2D eigenvalue weighted by Crippen LogP contribution is 2.38. The quantitative estimate of drug-likeness (QED) is 0.451. The molecule has 0 bridgehead atoms. The maximum Gasteiger partial charge on any atom is 0.281 e. The molecule has 33 heavy (non-hydrogen) atoms. The Morgan fingerprint density at radius 2 is 1.82 bits per heavy atom. The summed E-state index contributed by atoms with van der Waals surface area (Å²) < 4.78 is 16.5. The summed E-state index contributed by atoms with van der Waals surface area (Å²) in [7, 11) is 3.16. The lowest BCUT2D eigenvalue weighted by atomic mass is 10.0. The zero-order valence-electron chi connectivity index (χ0n) is 18.6. The maximum absolute atomic E-state index is 13.2. The number of benzene rings is 2. The Labute approximate surface area is 196 Å². The molecule has 0 saturated heterocycles. The summed E-state index contributed by atoms with van der Waals surface area (Å²) in [5.74, 6) is 1.14. The predicted octanol–water partition coefficient (Wildman–Crippen LogP) is 4.72. The number of methoxy groups -OCH3 is 2. The van der Waals surface area contributed by atoms with Crippen LogP contribution in [0.5, 0.6) is 17.2 Å². The molecule has 7 nitrogen and oxygen atoms in total. The van der Waals surface area contributed by atoms with E-state index in [0.29, 0.717) is 29.2 Å². The van der Waals surface area contributed by atoms with Crippen molar-refractivity contribution in [2.75, 3.05) is 20.8 Å². The summed E-state index contributed by atoms with van der Waals surface area (Å²) in [6.45, 7) is 1.23. The Kier molecular flexibility index (Phi) is 6.74. The van der Waals surface area contributed by atoms with Crippen LogP contribution >= 0.6 is 11.3 Å². The molecule has 0 saturated carbocycles. The summed E-state index contributed by atoms with van der Waals surface area (Å²) in [4.78, 5) is 26.1. The molecule has 0 radical (unpaired) electrons. The van der Waals surface area contributed by atoms with E-state index >= 15 is 0 Å². The van der Waals surface area contributed by atoms with Gasteiger partial charge in [-0.1, -0.05) is 24.3 Å². The second-order valence-corrected chi connectivity index (χ2v) is 8.39. The number of nitrogens with zero attached hydrogens (tertiary/aromatic N) is 2. The van der Waals surface area contributed by atoms with E-state index in [1.54, 1.807) is 49.8 Å². The summed E-state index contributed by atoms with van der Waals surface area (Å²) in [6, 6.07) is 16.1. The van der Waals surface area contributed by atoms with Crippen LogP contribution in [0.15, 0.2) is 65.1 Å². The molecule has 0 spiro atoms. The Morgan fingerprint density at radius 3 is 2.52 bits per heavy atom. The summed E-state index contributed by atoms with van der Waals surface area (Å²) >= 11 is 1.58. The normalized spacial score (nSPS) is 15.2. The highest BCUT2D eigenvalue weighted by Gasteiger charge is 2.34. The maximum atomic E-state index is 13.2. The zero-order chi connectivity index (χ0) is 23.4. The van der Waals surface area contributed by atoms with Gasteiger partial charge in [-0.05, 0) is 48.2 Å². The molecule has 8 heteroatoms. The van der Waals surface area contributed by atoms with Crippen LogP contribution in [0.3, 0.4) is 0 Å². The molecule has 1 aromatic heterocycles. The standard InChI is InChI=1S/C25H24N2O5S/c1-16(28)18-7-4-5-8-21(18)32-15-25(29)27-20(14-19(26-27)24-9-6-12-33-24)17-10-11-22(30-2)23(13-17)31-3/h4-13,20H,14-15H2,1-3H3. The number of thiophene rings is 1. The molecule has 1 unspecified atom stereocenters. The van der Waals surface area contributed by atoms with Gasteiger partial charge in [0.15, 0.2) is 23.9 Å². The minimum Gasteiger partial charge on any atom is -0.493 e. The van der Waals surface area contributed by atoms with Crippen molar-refractivity contribution in [1.29, 1.82) is 0 Å². The van der Waals surface area contributed by atoms with Gasteiger partial charge in [-0.15, -0.1) is 11.3 Å². The van der Waals surface area contributed by atoms with Crippen molar-refractivity contribution in [2.24, 2.45) is 5.10 Å². The van der Waals surface area contributed by atoms with Crippen LogP contribution < -0.4 is 14.2 Å². The number of Topliss-reactive ketones (excluding diaryl/α,β-unsaturated/α-hetero) is 1. The van der Waals surface area contributed by atoms with E-state index in [-0.39, 0.29) is 24.3 Å². The Bertz CT molecular complexity index is 1190. The van der Waals surface area contributed by atoms with Gasteiger partial charge in [0.25, 0.3) is 5.91 Å². The van der Waals surface area contributed by atoms with Crippen LogP contribution in [0, 0.1) is 0 Å². The number of hydrogen-bond donors (Lipinski definition) is 0. The minimum atomic E-state index is -0.318. The molecule has 170 valence electrons. The van der Waals surface area contributed by atoms with Crippen molar-refractivity contribution >= 4 is 28.7 Å². The minimum absolute atomic E-state index is 0.125. The van der Waals surface area contributed by atoms with Crippen molar-refractivity contribution in [2.45, 2.75) is 19.4 Å². The summed E-state index contributed by atoms with van der Waals surface area (Å²) in [5, 5.41) is 8.09. The number of carbonyl (C=O) groups is 2. The van der Waals surface area contributed by atoms with Gasteiger partial charge < -0.3 is 14.2 Å². The van der Waals surface area contributed by atoms with E-state index in [2.05, 4.69) is 5.10 Å². The zero-order valence-corrected chi connectivity index (χ0v) is 19.4. The van der Waals surface area contributed by atoms with Gasteiger partial charge in [0.05, 0.1) is 36.4 Å². The number of hydrogen-bond acceptors (Lipinski definition) is 7. The number of para-hydroxylation sites is 1. The largest absolute Gasteiger partial charge is 0.493 e. The van der Waals surface area contributed by atoms with Crippen molar-refractivity contribution in [3.63, 3.8) is 0 Å². The molecule has 4 rings (SSSR count). The van der Waals surface area contributed by atoms with Gasteiger partial charge >= 0.3 is 0 Å². The van der Waals surface area contributed by atoms with Crippen LogP contribution in [0.25, 0.3) is 0 Å². The highest BCUT2D eigenvalue weighted by atomic mass is 32.1. The van der Waals surface area contributed by atoms with E-state index in [1.807, 2.05) is 35.7 Å². The van der Waals surface area contributed by atoms with Crippen molar-refractivity contribution in [3.8, 4) is 17.2 Å². The van der Waals surface area contributed by atoms with Gasteiger partial charge in [-0.25, -0.2) is 5.01 Å². The molecule has 0 aliphatic carbocycles. The molecule has 2 aromatic carbocycles. The smallest absolute Gasteiger partial charge is 0.281 e. The lowest BCUT2D eigenvalue weighted by Gasteiger charge is -2.23. The number of ketones is 1. The number of rotatable bonds is 8. The number of amides is 1. The fourth-order valence-corrected chi connectivity index (χ4v) is 4.46. The first-order valence-electron chi connectivity index (χ1n) is 10.4. The average molecular weight is 465 g/mol. The molecule has 0 fully saturated rings. The average Bonchev–Trinajstić information content (AvgIpc) is 3.52. The van der Waals surface area contributed by atoms with Gasteiger partial charge in [-0.3, -0.25) is 9.59 Å². The molecular formula is C25H24N2O5S. The van der Waals surface area contributed by atoms with Crippen LogP contribution in [-0.4, -0.2) is 43.2 Å². The summed E-state index contributed by atoms with van der Waals surface area (Å²) in [6.07, 6.45) is 0.561. The second kappa shape index (κ2) is 9.87. The predicted molar refractivity (Wildman–Crippen MR) is 127 cm³/mol. The monoisotopic (exact) mass is 464 g/mol. The lowest BCUT2D eigenvalue weighted by molar-refractivity contribution is -0.135. The second-order valence-electron chi connectivity index (χ2n) is 7.44. The van der Waals surface area contributed by atoms with E-state index in [0.717, 1.165) is 16.2 Å². The van der Waals surface area contributed by atoms with Gasteiger partial charge in [0, 0.05) is 6.42 Å². The fraction of sp³-hybridized carbons (Fsp3) is 0.240. The number of ether oxygens (including phenoxy) is 3. The molecular weight excluding hydrogens is 440 g/mol. The fourth-order valence-electron chi connectivity index (χ4n) is 3.74. The molecule has 1 aliphatic rings. The Hall–Kier alpha value is -3.65. The third-order valence-corrected chi connectivity index (χ3v) is 6.30. The molecule has 1 atom stereocenters. The first kappa shape index (κ1) is 22.5. The molecule has 1 aliphatic heterocycles.